The Morgan fingerprint density at radius 1 is 1.47 bits per heavy atom. The van der Waals surface area contributed by atoms with Crippen LogP contribution in [0.2, 0.25) is 0 Å². The van der Waals surface area contributed by atoms with E-state index in [4.69, 9.17) is 0 Å². The maximum Gasteiger partial charge on any atom is 0.312 e. The predicted molar refractivity (Wildman–Crippen MR) is 72.6 cm³/mol. The van der Waals surface area contributed by atoms with Gasteiger partial charge in [0.25, 0.3) is 0 Å². The fraction of sp³-hybridized carbons (Fsp3) is 0.467. The zero-order chi connectivity index (χ0) is 14.2. The molecule has 0 radical (unpaired) electrons. The lowest BCUT2D eigenvalue weighted by atomic mass is 9.79. The standard InChI is InChI=1S/C15H19NO3/c1-4-15(14(18)19)7-11(10(3)13(15)17)12-6-5-9(2)8-16-12/h5-6,8,13,17H,4,7H2,1-3H3,(H,18,19)/t13-,15-/m1/s1. The Bertz CT molecular complexity index is 533. The smallest absolute Gasteiger partial charge is 0.312 e. The van der Waals surface area contributed by atoms with Crippen LogP contribution in [-0.2, 0) is 4.79 Å². The molecule has 1 aromatic rings. The number of carboxylic acid groups (broad SMARTS) is 1. The van der Waals surface area contributed by atoms with Crippen LogP contribution in [0.15, 0.2) is 23.9 Å². The fourth-order valence-electron chi connectivity index (χ4n) is 2.73. The van der Waals surface area contributed by atoms with Gasteiger partial charge in [0.2, 0.25) is 0 Å². The molecule has 0 aliphatic heterocycles. The number of hydrogen-bond donors (Lipinski definition) is 2. The van der Waals surface area contributed by atoms with Gasteiger partial charge in [-0.15, -0.1) is 0 Å². The third-order valence-electron chi connectivity index (χ3n) is 4.18. The average Bonchev–Trinajstić information content (AvgIpc) is 2.65. The Labute approximate surface area is 112 Å². The molecule has 1 aliphatic carbocycles. The summed E-state index contributed by atoms with van der Waals surface area (Å²) in [6, 6.07) is 3.83. The second kappa shape index (κ2) is 4.78. The highest BCUT2D eigenvalue weighted by molar-refractivity contribution is 5.84. The van der Waals surface area contributed by atoms with E-state index < -0.39 is 17.5 Å². The van der Waals surface area contributed by atoms with Crippen LogP contribution < -0.4 is 0 Å². The zero-order valence-corrected chi connectivity index (χ0v) is 11.5. The minimum absolute atomic E-state index is 0.335. The molecular weight excluding hydrogens is 242 g/mol. The summed E-state index contributed by atoms with van der Waals surface area (Å²) in [6.07, 6.45) is 1.56. The van der Waals surface area contributed by atoms with Gasteiger partial charge in [0, 0.05) is 6.20 Å². The van der Waals surface area contributed by atoms with Crippen LogP contribution in [0.1, 0.15) is 37.9 Å². The van der Waals surface area contributed by atoms with Gasteiger partial charge in [-0.3, -0.25) is 9.78 Å². The van der Waals surface area contributed by atoms with Crippen molar-refractivity contribution in [2.24, 2.45) is 5.41 Å². The summed E-state index contributed by atoms with van der Waals surface area (Å²) in [5, 5.41) is 19.8. The van der Waals surface area contributed by atoms with E-state index in [0.29, 0.717) is 12.8 Å². The molecule has 0 saturated carbocycles. The Morgan fingerprint density at radius 2 is 2.16 bits per heavy atom. The van der Waals surface area contributed by atoms with Crippen molar-refractivity contribution in [3.05, 3.63) is 35.2 Å². The van der Waals surface area contributed by atoms with Gasteiger partial charge in [-0.05, 0) is 49.5 Å². The number of hydrogen-bond acceptors (Lipinski definition) is 3. The first-order chi connectivity index (χ1) is 8.92. The van der Waals surface area contributed by atoms with Crippen LogP contribution in [0, 0.1) is 12.3 Å². The largest absolute Gasteiger partial charge is 0.481 e. The minimum Gasteiger partial charge on any atom is -0.481 e. The van der Waals surface area contributed by atoms with Gasteiger partial charge < -0.3 is 10.2 Å². The summed E-state index contributed by atoms with van der Waals surface area (Å²) in [7, 11) is 0. The van der Waals surface area contributed by atoms with Crippen molar-refractivity contribution in [3.8, 4) is 0 Å². The molecule has 1 aromatic heterocycles. The van der Waals surface area contributed by atoms with Crippen molar-refractivity contribution in [3.63, 3.8) is 0 Å². The molecule has 0 saturated heterocycles. The fourth-order valence-corrected chi connectivity index (χ4v) is 2.73. The molecular formula is C15H19NO3. The first-order valence-corrected chi connectivity index (χ1v) is 6.46. The van der Waals surface area contributed by atoms with E-state index in [-0.39, 0.29) is 0 Å². The first-order valence-electron chi connectivity index (χ1n) is 6.46. The molecule has 2 rings (SSSR count). The van der Waals surface area contributed by atoms with Gasteiger partial charge in [0.05, 0.1) is 11.8 Å². The normalized spacial score (nSPS) is 26.8. The Kier molecular flexibility index (Phi) is 3.45. The molecule has 2 atom stereocenters. The van der Waals surface area contributed by atoms with Gasteiger partial charge in [-0.1, -0.05) is 13.0 Å². The summed E-state index contributed by atoms with van der Waals surface area (Å²) in [4.78, 5) is 15.9. The summed E-state index contributed by atoms with van der Waals surface area (Å²) < 4.78 is 0. The number of aromatic nitrogens is 1. The minimum atomic E-state index is -1.11. The molecule has 0 bridgehead atoms. The number of aryl methyl sites for hydroxylation is 1. The highest BCUT2D eigenvalue weighted by Gasteiger charge is 2.50. The van der Waals surface area contributed by atoms with Crippen LogP contribution in [0.4, 0.5) is 0 Å². The van der Waals surface area contributed by atoms with E-state index in [9.17, 15) is 15.0 Å². The van der Waals surface area contributed by atoms with Crippen molar-refractivity contribution in [2.45, 2.75) is 39.7 Å². The molecule has 2 N–H and O–H groups in total. The van der Waals surface area contributed by atoms with Gasteiger partial charge >= 0.3 is 5.97 Å². The Hall–Kier alpha value is -1.68. The number of aliphatic carboxylic acids is 1. The second-order valence-corrected chi connectivity index (χ2v) is 5.28. The summed E-state index contributed by atoms with van der Waals surface area (Å²) >= 11 is 0. The predicted octanol–water partition coefficient (Wildman–Crippen LogP) is 2.41. The molecule has 0 amide bonds. The average molecular weight is 261 g/mol. The van der Waals surface area contributed by atoms with E-state index >= 15 is 0 Å². The molecule has 1 aliphatic rings. The molecule has 0 spiro atoms. The topological polar surface area (TPSA) is 70.4 Å². The molecule has 0 unspecified atom stereocenters. The van der Waals surface area contributed by atoms with E-state index in [1.807, 2.05) is 19.1 Å². The van der Waals surface area contributed by atoms with Gasteiger partial charge in [-0.25, -0.2) is 0 Å². The first kappa shape index (κ1) is 13.7. The third kappa shape index (κ3) is 2.06. The van der Waals surface area contributed by atoms with Crippen molar-refractivity contribution in [2.75, 3.05) is 0 Å². The molecule has 0 fully saturated rings. The van der Waals surface area contributed by atoms with Gasteiger partial charge in [-0.2, -0.15) is 0 Å². The summed E-state index contributed by atoms with van der Waals surface area (Å²) in [5.41, 5.74) is 2.29. The number of carbonyl (C=O) groups is 1. The third-order valence-corrected chi connectivity index (χ3v) is 4.18. The number of rotatable bonds is 3. The van der Waals surface area contributed by atoms with Crippen LogP contribution in [0.25, 0.3) is 5.57 Å². The number of aliphatic hydroxyl groups excluding tert-OH is 1. The quantitative estimate of drug-likeness (QED) is 0.876. The Morgan fingerprint density at radius 3 is 2.58 bits per heavy atom. The van der Waals surface area contributed by atoms with E-state index in [1.54, 1.807) is 20.0 Å². The molecule has 4 heteroatoms. The molecule has 1 heterocycles. The van der Waals surface area contributed by atoms with Crippen LogP contribution >= 0.6 is 0 Å². The van der Waals surface area contributed by atoms with Crippen molar-refractivity contribution >= 4 is 11.5 Å². The molecule has 102 valence electrons. The monoisotopic (exact) mass is 261 g/mol. The van der Waals surface area contributed by atoms with Crippen molar-refractivity contribution in [1.82, 2.24) is 4.98 Å². The number of allylic oxidation sites excluding steroid dienone is 1. The van der Waals surface area contributed by atoms with E-state index in [1.165, 1.54) is 0 Å². The van der Waals surface area contributed by atoms with Gasteiger partial charge in [0.15, 0.2) is 0 Å². The van der Waals surface area contributed by atoms with Crippen LogP contribution in [0.3, 0.4) is 0 Å². The lowest BCUT2D eigenvalue weighted by Gasteiger charge is -2.27. The summed E-state index contributed by atoms with van der Waals surface area (Å²) in [5.74, 6) is -0.941. The number of carboxylic acids is 1. The highest BCUT2D eigenvalue weighted by atomic mass is 16.4. The maximum absolute atomic E-state index is 11.5. The molecule has 0 aromatic carbocycles. The molecule has 19 heavy (non-hydrogen) atoms. The number of pyridine rings is 1. The van der Waals surface area contributed by atoms with Crippen LogP contribution in [-0.4, -0.2) is 27.3 Å². The number of nitrogens with zero attached hydrogens (tertiary/aromatic N) is 1. The lowest BCUT2D eigenvalue weighted by molar-refractivity contribution is -0.154. The zero-order valence-electron chi connectivity index (χ0n) is 11.5. The maximum atomic E-state index is 11.5. The second-order valence-electron chi connectivity index (χ2n) is 5.28. The van der Waals surface area contributed by atoms with Gasteiger partial charge in [0.1, 0.15) is 5.41 Å². The highest BCUT2D eigenvalue weighted by Crippen LogP contribution is 2.48. The molecule has 4 nitrogen and oxygen atoms in total. The van der Waals surface area contributed by atoms with Crippen LogP contribution in [0.5, 0.6) is 0 Å². The lowest BCUT2D eigenvalue weighted by Crippen LogP contribution is -2.39. The summed E-state index contributed by atoms with van der Waals surface area (Å²) in [6.45, 7) is 5.55. The van der Waals surface area contributed by atoms with E-state index in [0.717, 1.165) is 22.4 Å². The Balaban J connectivity index is 2.43. The number of aliphatic hydroxyl groups is 1. The SMILES string of the molecule is CC[C@@]1(C(=O)O)CC(c2ccc(C)cn2)=C(C)[C@H]1O. The van der Waals surface area contributed by atoms with Crippen molar-refractivity contribution < 1.29 is 15.0 Å². The van der Waals surface area contributed by atoms with E-state index in [2.05, 4.69) is 4.98 Å². The van der Waals surface area contributed by atoms with Crippen molar-refractivity contribution in [1.29, 1.82) is 0 Å².